The van der Waals surface area contributed by atoms with Crippen LogP contribution in [0.25, 0.3) is 0 Å². The molecule has 0 aromatic heterocycles. The van der Waals surface area contributed by atoms with E-state index in [1.54, 1.807) is 0 Å². The Bertz CT molecular complexity index is 254. The summed E-state index contributed by atoms with van der Waals surface area (Å²) < 4.78 is 0. The predicted molar refractivity (Wildman–Crippen MR) is 54.4 cm³/mol. The molecule has 3 N–H and O–H groups in total. The number of hydrogen-bond donors (Lipinski definition) is 3. The molecule has 3 amide bonds. The van der Waals surface area contributed by atoms with Gasteiger partial charge in [-0.1, -0.05) is 13.3 Å². The summed E-state index contributed by atoms with van der Waals surface area (Å²) in [5, 5.41) is 12.4. The summed E-state index contributed by atoms with van der Waals surface area (Å²) in [5.74, 6) is -1.51. The van der Waals surface area contributed by atoms with Gasteiger partial charge in [0.1, 0.15) is 0 Å². The van der Waals surface area contributed by atoms with E-state index in [4.69, 9.17) is 5.26 Å². The van der Waals surface area contributed by atoms with Crippen LogP contribution in [0.2, 0.25) is 0 Å². The lowest BCUT2D eigenvalue weighted by atomic mass is 10.3. The van der Waals surface area contributed by atoms with E-state index >= 15 is 0 Å². The van der Waals surface area contributed by atoms with Gasteiger partial charge in [0, 0.05) is 13.0 Å². The van der Waals surface area contributed by atoms with E-state index in [9.17, 15) is 14.4 Å². The van der Waals surface area contributed by atoms with Crippen molar-refractivity contribution in [1.82, 2.24) is 10.6 Å². The highest BCUT2D eigenvalue weighted by Gasteiger charge is 2.10. The highest BCUT2D eigenvalue weighted by molar-refractivity contribution is 5.95. The highest BCUT2D eigenvalue weighted by Crippen LogP contribution is 1.91. The highest BCUT2D eigenvalue weighted by atomic mass is 17.1. The Morgan fingerprint density at radius 1 is 1.25 bits per heavy atom. The molecule has 92 valence electrons. The van der Waals surface area contributed by atoms with Crippen LogP contribution in [0.4, 0.5) is 4.79 Å². The molecule has 0 aliphatic carbocycles. The van der Waals surface area contributed by atoms with Crippen molar-refractivity contribution in [2.24, 2.45) is 0 Å². The number of imide groups is 1. The third-order valence-corrected chi connectivity index (χ3v) is 1.73. The Labute approximate surface area is 93.1 Å². The maximum Gasteiger partial charge on any atom is 0.342 e. The van der Waals surface area contributed by atoms with Gasteiger partial charge in [-0.25, -0.2) is 9.59 Å². The van der Waals surface area contributed by atoms with Gasteiger partial charge in [0.15, 0.2) is 0 Å². The smallest absolute Gasteiger partial charge is 0.338 e. The average Bonchev–Trinajstić information content (AvgIpc) is 2.26. The number of rotatable bonds is 6. The lowest BCUT2D eigenvalue weighted by molar-refractivity contribution is -0.234. The largest absolute Gasteiger partial charge is 0.342 e. The second-order valence-corrected chi connectivity index (χ2v) is 3.12. The molecule has 0 bridgehead atoms. The molecule has 0 atom stereocenters. The molecule has 0 aromatic rings. The average molecular weight is 232 g/mol. The molecule has 0 aliphatic rings. The fourth-order valence-corrected chi connectivity index (χ4v) is 0.873. The van der Waals surface area contributed by atoms with Crippen LogP contribution in [0.5, 0.6) is 0 Å². The summed E-state index contributed by atoms with van der Waals surface area (Å²) >= 11 is 0. The Kier molecular flexibility index (Phi) is 7.78. The van der Waals surface area contributed by atoms with E-state index in [0.29, 0.717) is 6.54 Å². The van der Waals surface area contributed by atoms with Crippen LogP contribution in [0, 0.1) is 0 Å². The maximum absolute atomic E-state index is 11.0. The lowest BCUT2D eigenvalue weighted by Gasteiger charge is -2.05. The minimum atomic E-state index is -0.915. The van der Waals surface area contributed by atoms with Crippen LogP contribution in [0.1, 0.15) is 32.6 Å². The molecule has 0 aromatic carbocycles. The van der Waals surface area contributed by atoms with Gasteiger partial charge >= 0.3 is 12.0 Å². The predicted octanol–water partition coefficient (Wildman–Crippen LogP) is 0.409. The molecule has 0 fully saturated rings. The second-order valence-electron chi connectivity index (χ2n) is 3.12. The maximum atomic E-state index is 11.0. The van der Waals surface area contributed by atoms with Gasteiger partial charge in [-0.05, 0) is 6.42 Å². The third-order valence-electron chi connectivity index (χ3n) is 1.73. The zero-order valence-corrected chi connectivity index (χ0v) is 9.12. The van der Waals surface area contributed by atoms with Gasteiger partial charge in [-0.2, -0.15) is 5.26 Å². The van der Waals surface area contributed by atoms with Crippen molar-refractivity contribution in [2.75, 3.05) is 6.54 Å². The minimum Gasteiger partial charge on any atom is -0.338 e. The SMILES string of the molecule is CCCCNC(=O)NC(=O)CCC(=O)OO. The summed E-state index contributed by atoms with van der Waals surface area (Å²) in [7, 11) is 0. The fraction of sp³-hybridized carbons (Fsp3) is 0.667. The Hall–Kier alpha value is -1.63. The van der Waals surface area contributed by atoms with Crippen molar-refractivity contribution < 1.29 is 24.5 Å². The summed E-state index contributed by atoms with van der Waals surface area (Å²) in [6, 6.07) is -0.587. The first-order chi connectivity index (χ1) is 7.60. The van der Waals surface area contributed by atoms with Crippen LogP contribution in [0.15, 0.2) is 0 Å². The number of unbranched alkanes of at least 4 members (excludes halogenated alkanes) is 1. The summed E-state index contributed by atoms with van der Waals surface area (Å²) in [6.07, 6.45) is 1.29. The molecule has 0 saturated heterocycles. The molecular weight excluding hydrogens is 216 g/mol. The van der Waals surface area contributed by atoms with Gasteiger partial charge in [0.2, 0.25) is 5.91 Å². The molecule has 16 heavy (non-hydrogen) atoms. The zero-order chi connectivity index (χ0) is 12.4. The van der Waals surface area contributed by atoms with Gasteiger partial charge < -0.3 is 10.2 Å². The van der Waals surface area contributed by atoms with Crippen molar-refractivity contribution in [3.63, 3.8) is 0 Å². The number of carbonyl (C=O) groups excluding carboxylic acids is 3. The molecule has 0 rings (SSSR count). The molecule has 0 unspecified atom stereocenters. The van der Waals surface area contributed by atoms with Gasteiger partial charge in [-0.3, -0.25) is 10.1 Å². The Balaban J connectivity index is 3.62. The van der Waals surface area contributed by atoms with Crippen LogP contribution >= 0.6 is 0 Å². The topological polar surface area (TPSA) is 105 Å². The van der Waals surface area contributed by atoms with E-state index in [1.807, 2.05) is 12.2 Å². The standard InChI is InChI=1S/C9H16N2O5/c1-2-3-6-10-9(14)11-7(12)4-5-8(13)16-15/h15H,2-6H2,1H3,(H2,10,11,12,14). The number of nitrogens with one attached hydrogen (secondary N) is 2. The van der Waals surface area contributed by atoms with Crippen LogP contribution in [0.3, 0.4) is 0 Å². The molecule has 0 spiro atoms. The molecule has 7 heteroatoms. The third kappa shape index (κ3) is 7.74. The quantitative estimate of drug-likeness (QED) is 0.349. The fourth-order valence-electron chi connectivity index (χ4n) is 0.873. The first-order valence-electron chi connectivity index (χ1n) is 5.02. The molecular formula is C9H16N2O5. The van der Waals surface area contributed by atoms with Crippen molar-refractivity contribution in [1.29, 1.82) is 0 Å². The molecule has 0 radical (unpaired) electrons. The van der Waals surface area contributed by atoms with E-state index in [-0.39, 0.29) is 12.8 Å². The summed E-state index contributed by atoms with van der Waals surface area (Å²) in [4.78, 5) is 35.9. The van der Waals surface area contributed by atoms with E-state index < -0.39 is 17.9 Å². The second kappa shape index (κ2) is 8.66. The van der Waals surface area contributed by atoms with Crippen molar-refractivity contribution >= 4 is 17.9 Å². The first kappa shape index (κ1) is 14.4. The summed E-state index contributed by atoms with van der Waals surface area (Å²) in [6.45, 7) is 2.47. The molecule has 0 heterocycles. The molecule has 0 saturated carbocycles. The number of hydrogen-bond acceptors (Lipinski definition) is 5. The van der Waals surface area contributed by atoms with Crippen molar-refractivity contribution in [2.45, 2.75) is 32.6 Å². The number of urea groups is 1. The van der Waals surface area contributed by atoms with Gasteiger partial charge in [0.05, 0.1) is 6.42 Å². The minimum absolute atomic E-state index is 0.208. The van der Waals surface area contributed by atoms with Gasteiger partial charge in [0.25, 0.3) is 0 Å². The monoisotopic (exact) mass is 232 g/mol. The zero-order valence-electron chi connectivity index (χ0n) is 9.12. The van der Waals surface area contributed by atoms with E-state index in [1.165, 1.54) is 0 Å². The Morgan fingerprint density at radius 2 is 1.94 bits per heavy atom. The first-order valence-corrected chi connectivity index (χ1v) is 5.02. The normalized spacial score (nSPS) is 9.38. The van der Waals surface area contributed by atoms with E-state index in [2.05, 4.69) is 10.2 Å². The van der Waals surface area contributed by atoms with Crippen LogP contribution in [-0.2, 0) is 14.5 Å². The lowest BCUT2D eigenvalue weighted by Crippen LogP contribution is -2.39. The number of carbonyl (C=O) groups is 3. The van der Waals surface area contributed by atoms with Crippen LogP contribution in [-0.4, -0.2) is 29.7 Å². The number of amides is 3. The van der Waals surface area contributed by atoms with Crippen LogP contribution < -0.4 is 10.6 Å². The molecule has 0 aliphatic heterocycles. The van der Waals surface area contributed by atoms with Crippen molar-refractivity contribution in [3.8, 4) is 0 Å². The van der Waals surface area contributed by atoms with Crippen molar-refractivity contribution in [3.05, 3.63) is 0 Å². The summed E-state index contributed by atoms with van der Waals surface area (Å²) in [5.41, 5.74) is 0. The Morgan fingerprint density at radius 3 is 2.50 bits per heavy atom. The van der Waals surface area contributed by atoms with E-state index in [0.717, 1.165) is 12.8 Å². The molecule has 7 nitrogen and oxygen atoms in total. The van der Waals surface area contributed by atoms with Gasteiger partial charge in [-0.15, -0.1) is 0 Å².